The average molecular weight is 288 g/mol. The number of anilines is 1. The first-order valence-electron chi connectivity index (χ1n) is 7.23. The molecule has 0 aliphatic carbocycles. The van der Waals surface area contributed by atoms with E-state index in [9.17, 15) is 0 Å². The van der Waals surface area contributed by atoms with E-state index in [-0.39, 0.29) is 0 Å². The van der Waals surface area contributed by atoms with Crippen molar-refractivity contribution >= 4 is 5.69 Å². The summed E-state index contributed by atoms with van der Waals surface area (Å²) >= 11 is 0. The number of hydrogen-bond acceptors (Lipinski definition) is 6. The molecule has 0 atom stereocenters. The fraction of sp³-hybridized carbons (Fsp3) is 0.500. The smallest absolute Gasteiger partial charge is 0.212 e. The number of rotatable bonds is 4. The first-order valence-corrected chi connectivity index (χ1v) is 7.23. The molecule has 1 aromatic heterocycles. The van der Waals surface area contributed by atoms with Crippen LogP contribution >= 0.6 is 0 Å². The molecule has 7 nitrogen and oxygen atoms in total. The third-order valence-electron chi connectivity index (χ3n) is 3.45. The molecule has 2 aromatic rings. The van der Waals surface area contributed by atoms with Gasteiger partial charge in [-0.2, -0.15) is 4.80 Å². The minimum Gasteiger partial charge on any atom is -0.483 e. The van der Waals surface area contributed by atoms with E-state index in [1.54, 1.807) is 7.05 Å². The van der Waals surface area contributed by atoms with Gasteiger partial charge in [0.15, 0.2) is 6.61 Å². The van der Waals surface area contributed by atoms with Crippen LogP contribution in [0.25, 0.3) is 0 Å². The number of aromatic nitrogens is 4. The predicted octanol–water partition coefficient (Wildman–Crippen LogP) is 0.589. The van der Waals surface area contributed by atoms with Gasteiger partial charge in [-0.3, -0.25) is 0 Å². The van der Waals surface area contributed by atoms with E-state index in [0.717, 1.165) is 44.0 Å². The molecule has 21 heavy (non-hydrogen) atoms. The Morgan fingerprint density at radius 2 is 2.14 bits per heavy atom. The second-order valence-corrected chi connectivity index (χ2v) is 5.04. The SMILES string of the molecule is Cn1nnc(COc2ccccc2N2CCCNCC2)n1. The molecular formula is C14H20N6O. The molecule has 7 heteroatoms. The number of tetrazole rings is 1. The molecular weight excluding hydrogens is 268 g/mol. The van der Waals surface area contributed by atoms with Gasteiger partial charge in [-0.25, -0.2) is 0 Å². The van der Waals surface area contributed by atoms with Gasteiger partial charge in [0.1, 0.15) is 5.75 Å². The largest absolute Gasteiger partial charge is 0.483 e. The highest BCUT2D eigenvalue weighted by molar-refractivity contribution is 5.58. The second kappa shape index (κ2) is 6.53. The fourth-order valence-electron chi connectivity index (χ4n) is 2.45. The lowest BCUT2D eigenvalue weighted by molar-refractivity contribution is 0.295. The highest BCUT2D eigenvalue weighted by Crippen LogP contribution is 2.28. The van der Waals surface area contributed by atoms with Gasteiger partial charge in [0, 0.05) is 19.6 Å². The molecule has 1 aliphatic heterocycles. The topological polar surface area (TPSA) is 68.1 Å². The van der Waals surface area contributed by atoms with Crippen LogP contribution in [0.4, 0.5) is 5.69 Å². The van der Waals surface area contributed by atoms with Crippen molar-refractivity contribution in [2.45, 2.75) is 13.0 Å². The Morgan fingerprint density at radius 1 is 1.24 bits per heavy atom. The Kier molecular flexibility index (Phi) is 4.30. The van der Waals surface area contributed by atoms with Crippen molar-refractivity contribution in [2.75, 3.05) is 31.1 Å². The van der Waals surface area contributed by atoms with Gasteiger partial charge in [0.25, 0.3) is 0 Å². The Bertz CT molecular complexity index is 576. The second-order valence-electron chi connectivity index (χ2n) is 5.04. The Morgan fingerprint density at radius 3 is 3.00 bits per heavy atom. The van der Waals surface area contributed by atoms with E-state index < -0.39 is 0 Å². The van der Waals surface area contributed by atoms with Crippen molar-refractivity contribution in [3.63, 3.8) is 0 Å². The molecule has 0 spiro atoms. The van der Waals surface area contributed by atoms with E-state index >= 15 is 0 Å². The number of para-hydroxylation sites is 2. The van der Waals surface area contributed by atoms with Crippen molar-refractivity contribution in [1.82, 2.24) is 25.5 Å². The zero-order chi connectivity index (χ0) is 14.5. The zero-order valence-corrected chi connectivity index (χ0v) is 12.2. The molecule has 1 aliphatic rings. The average Bonchev–Trinajstić information content (AvgIpc) is 2.76. The highest BCUT2D eigenvalue weighted by Gasteiger charge is 2.14. The quantitative estimate of drug-likeness (QED) is 0.888. The van der Waals surface area contributed by atoms with Crippen LogP contribution in [-0.4, -0.2) is 46.4 Å². The van der Waals surface area contributed by atoms with Crippen LogP contribution in [-0.2, 0) is 13.7 Å². The first-order chi connectivity index (χ1) is 10.3. The van der Waals surface area contributed by atoms with Crippen LogP contribution in [0.2, 0.25) is 0 Å². The van der Waals surface area contributed by atoms with Crippen molar-refractivity contribution in [1.29, 1.82) is 0 Å². The summed E-state index contributed by atoms with van der Waals surface area (Å²) in [6.45, 7) is 4.43. The number of nitrogens with zero attached hydrogens (tertiary/aromatic N) is 5. The molecule has 1 N–H and O–H groups in total. The van der Waals surface area contributed by atoms with E-state index in [1.165, 1.54) is 4.80 Å². The maximum Gasteiger partial charge on any atom is 0.212 e. The molecule has 0 amide bonds. The summed E-state index contributed by atoms with van der Waals surface area (Å²) in [6.07, 6.45) is 1.14. The van der Waals surface area contributed by atoms with Crippen LogP contribution in [0.3, 0.4) is 0 Å². The summed E-state index contributed by atoms with van der Waals surface area (Å²) in [5.41, 5.74) is 1.13. The Labute approximate surface area is 123 Å². The van der Waals surface area contributed by atoms with E-state index in [4.69, 9.17) is 4.74 Å². The molecule has 0 radical (unpaired) electrons. The number of nitrogens with one attached hydrogen (secondary N) is 1. The first kappa shape index (κ1) is 13.8. The molecule has 2 heterocycles. The van der Waals surface area contributed by atoms with Crippen molar-refractivity contribution in [2.24, 2.45) is 7.05 Å². The minimum absolute atomic E-state index is 0.330. The molecule has 0 unspecified atom stereocenters. The van der Waals surface area contributed by atoms with Crippen LogP contribution in [0.1, 0.15) is 12.2 Å². The van der Waals surface area contributed by atoms with Gasteiger partial charge in [-0.05, 0) is 30.3 Å². The van der Waals surface area contributed by atoms with Gasteiger partial charge < -0.3 is 15.0 Å². The third kappa shape index (κ3) is 3.49. The monoisotopic (exact) mass is 288 g/mol. The van der Waals surface area contributed by atoms with Crippen LogP contribution in [0.5, 0.6) is 5.75 Å². The number of hydrogen-bond donors (Lipinski definition) is 1. The number of benzene rings is 1. The van der Waals surface area contributed by atoms with Crippen molar-refractivity contribution < 1.29 is 4.74 Å². The molecule has 112 valence electrons. The summed E-state index contributed by atoms with van der Waals surface area (Å²) in [7, 11) is 1.74. The fourth-order valence-corrected chi connectivity index (χ4v) is 2.45. The lowest BCUT2D eigenvalue weighted by Gasteiger charge is -2.24. The summed E-state index contributed by atoms with van der Waals surface area (Å²) in [6, 6.07) is 8.12. The lowest BCUT2D eigenvalue weighted by atomic mass is 10.2. The van der Waals surface area contributed by atoms with E-state index in [0.29, 0.717) is 12.4 Å². The maximum absolute atomic E-state index is 5.89. The van der Waals surface area contributed by atoms with Crippen LogP contribution < -0.4 is 15.0 Å². The summed E-state index contributed by atoms with van der Waals surface area (Å²) in [4.78, 5) is 3.80. The number of aryl methyl sites for hydroxylation is 1. The number of ether oxygens (including phenoxy) is 1. The molecule has 1 saturated heterocycles. The van der Waals surface area contributed by atoms with Crippen LogP contribution in [0.15, 0.2) is 24.3 Å². The Balaban J connectivity index is 1.72. The van der Waals surface area contributed by atoms with Gasteiger partial charge in [0.2, 0.25) is 5.82 Å². The van der Waals surface area contributed by atoms with Gasteiger partial charge in [-0.15, -0.1) is 10.2 Å². The maximum atomic E-state index is 5.89. The highest BCUT2D eigenvalue weighted by atomic mass is 16.5. The summed E-state index contributed by atoms with van der Waals surface area (Å²) in [5.74, 6) is 1.46. The zero-order valence-electron chi connectivity index (χ0n) is 12.2. The van der Waals surface area contributed by atoms with Crippen molar-refractivity contribution in [3.8, 4) is 5.75 Å². The third-order valence-corrected chi connectivity index (χ3v) is 3.45. The summed E-state index contributed by atoms with van der Waals surface area (Å²) < 4.78 is 5.89. The normalized spacial score (nSPS) is 15.8. The predicted molar refractivity (Wildman–Crippen MR) is 79.3 cm³/mol. The summed E-state index contributed by atoms with van der Waals surface area (Å²) in [5, 5.41) is 15.3. The van der Waals surface area contributed by atoms with Crippen LogP contribution in [0, 0.1) is 0 Å². The molecule has 0 saturated carbocycles. The van der Waals surface area contributed by atoms with Gasteiger partial charge >= 0.3 is 0 Å². The molecule has 3 rings (SSSR count). The van der Waals surface area contributed by atoms with E-state index in [2.05, 4.69) is 31.7 Å². The molecule has 1 fully saturated rings. The lowest BCUT2D eigenvalue weighted by Crippen LogP contribution is -2.28. The Hall–Kier alpha value is -2.15. The van der Waals surface area contributed by atoms with Gasteiger partial charge in [0.05, 0.1) is 12.7 Å². The van der Waals surface area contributed by atoms with Gasteiger partial charge in [-0.1, -0.05) is 12.1 Å². The van der Waals surface area contributed by atoms with E-state index in [1.807, 2.05) is 18.2 Å². The van der Waals surface area contributed by atoms with Crippen molar-refractivity contribution in [3.05, 3.63) is 30.1 Å². The minimum atomic E-state index is 0.330. The molecule has 1 aromatic carbocycles. The molecule has 0 bridgehead atoms. The standard InChI is InChI=1S/C14H20N6O/c1-19-17-14(16-18-19)11-21-13-6-3-2-5-12(13)20-9-4-7-15-8-10-20/h2-3,5-6,15H,4,7-11H2,1H3.